The van der Waals surface area contributed by atoms with E-state index in [9.17, 15) is 0 Å². The Hall–Kier alpha value is -1.06. The second-order valence-electron chi connectivity index (χ2n) is 4.10. The Morgan fingerprint density at radius 1 is 0.739 bits per heavy atom. The number of ether oxygens (including phenoxy) is 4. The third kappa shape index (κ3) is 17.1. The maximum absolute atomic E-state index is 5.38. The lowest BCUT2D eigenvalue weighted by Crippen LogP contribution is -2.25. The molecule has 134 valence electrons. The maximum Gasteiger partial charge on any atom is 0.787 e. The van der Waals surface area contributed by atoms with Gasteiger partial charge in [-0.25, -0.2) is 0 Å². The minimum Gasteiger partial charge on any atom is -0.508 e. The van der Waals surface area contributed by atoms with E-state index >= 15 is 0 Å². The molecule has 0 aliphatic heterocycles. The van der Waals surface area contributed by atoms with Crippen LogP contribution in [0.5, 0.6) is 0 Å². The number of rotatable bonds is 17. The van der Waals surface area contributed by atoms with E-state index in [0.29, 0.717) is 52.9 Å². The molecule has 0 fully saturated rings. The lowest BCUT2D eigenvalue weighted by molar-refractivity contribution is 0.0636. The molecule has 0 aromatic heterocycles. The van der Waals surface area contributed by atoms with Crippen molar-refractivity contribution in [1.82, 2.24) is 0 Å². The predicted molar refractivity (Wildman–Crippen MR) is 87.8 cm³/mol. The highest BCUT2D eigenvalue weighted by atomic mass is 16.7. The Morgan fingerprint density at radius 2 is 1.35 bits per heavy atom. The topological polar surface area (TPSA) is 64.6 Å². The molecule has 0 atom stereocenters. The van der Waals surface area contributed by atoms with Crippen LogP contribution in [0.4, 0.5) is 0 Å². The first-order valence-corrected chi connectivity index (χ1v) is 7.79. The van der Waals surface area contributed by atoms with Crippen LogP contribution in [-0.4, -0.2) is 67.3 Å². The molecule has 0 N–H and O–H groups in total. The lowest BCUT2D eigenvalue weighted by atomic mass is 10.2. The molecule has 0 heterocycles. The Morgan fingerprint density at radius 3 is 1.96 bits per heavy atom. The zero-order valence-corrected chi connectivity index (χ0v) is 14.4. The summed E-state index contributed by atoms with van der Waals surface area (Å²) in [6.45, 7) is 8.07. The van der Waals surface area contributed by atoms with Crippen LogP contribution in [0.2, 0.25) is 0 Å². The van der Waals surface area contributed by atoms with Gasteiger partial charge in [0.05, 0.1) is 52.2 Å². The molecule has 0 saturated carbocycles. The fourth-order valence-electron chi connectivity index (χ4n) is 1.26. The average Bonchev–Trinajstić information content (AvgIpc) is 2.56. The average molecular weight is 332 g/mol. The van der Waals surface area contributed by atoms with Crippen molar-refractivity contribution in [3.63, 3.8) is 0 Å². The molecular weight excluding hydrogens is 303 g/mol. The highest BCUT2D eigenvalue weighted by Crippen LogP contribution is 1.96. The molecule has 7 nitrogen and oxygen atoms in total. The van der Waals surface area contributed by atoms with Crippen LogP contribution in [0, 0.1) is 0 Å². The van der Waals surface area contributed by atoms with Gasteiger partial charge in [0.25, 0.3) is 0 Å². The van der Waals surface area contributed by atoms with Gasteiger partial charge in [-0.1, -0.05) is 0 Å². The Labute approximate surface area is 139 Å². The van der Waals surface area contributed by atoms with Crippen molar-refractivity contribution in [1.29, 1.82) is 0 Å². The number of hydrogen-bond acceptors (Lipinski definition) is 7. The molecule has 0 saturated heterocycles. The Kier molecular flexibility index (Phi) is 18.1. The second kappa shape index (κ2) is 19.0. The quantitative estimate of drug-likeness (QED) is 0.229. The monoisotopic (exact) mass is 332 g/mol. The van der Waals surface area contributed by atoms with E-state index < -0.39 is 7.32 Å². The van der Waals surface area contributed by atoms with Gasteiger partial charge in [-0.3, -0.25) is 0 Å². The van der Waals surface area contributed by atoms with E-state index in [4.69, 9.17) is 32.9 Å². The summed E-state index contributed by atoms with van der Waals surface area (Å²) in [5.41, 5.74) is 0. The van der Waals surface area contributed by atoms with Crippen molar-refractivity contribution in [2.45, 2.75) is 13.8 Å². The fourth-order valence-corrected chi connectivity index (χ4v) is 1.26. The molecule has 0 amide bonds. The fraction of sp³-hybridized carbons (Fsp3) is 0.733. The van der Waals surface area contributed by atoms with E-state index in [2.05, 4.69) is 0 Å². The van der Waals surface area contributed by atoms with E-state index in [1.807, 2.05) is 13.8 Å². The van der Waals surface area contributed by atoms with Crippen LogP contribution in [0.3, 0.4) is 0 Å². The van der Waals surface area contributed by atoms with Crippen molar-refractivity contribution in [3.05, 3.63) is 24.7 Å². The summed E-state index contributed by atoms with van der Waals surface area (Å²) >= 11 is 0. The smallest absolute Gasteiger partial charge is 0.508 e. The molecule has 0 bridgehead atoms. The van der Waals surface area contributed by atoms with Gasteiger partial charge in [-0.05, 0) is 26.0 Å². The maximum atomic E-state index is 5.38. The summed E-state index contributed by atoms with van der Waals surface area (Å²) in [5, 5.41) is 0. The molecule has 23 heavy (non-hydrogen) atoms. The Balaban J connectivity index is 3.87. The molecule has 0 aromatic rings. The van der Waals surface area contributed by atoms with Crippen molar-refractivity contribution in [2.75, 3.05) is 60.0 Å². The van der Waals surface area contributed by atoms with Gasteiger partial charge in [0.2, 0.25) is 0 Å². The third-order valence-electron chi connectivity index (χ3n) is 2.32. The summed E-state index contributed by atoms with van der Waals surface area (Å²) in [4.78, 5) is 0. The third-order valence-corrected chi connectivity index (χ3v) is 2.32. The molecule has 0 spiro atoms. The van der Waals surface area contributed by atoms with Crippen LogP contribution in [0.25, 0.3) is 0 Å². The summed E-state index contributed by atoms with van der Waals surface area (Å²) < 4.78 is 36.6. The van der Waals surface area contributed by atoms with Crippen LogP contribution in [0.15, 0.2) is 24.7 Å². The zero-order chi connectivity index (χ0) is 17.0. The normalized spacial score (nSPS) is 11.4. The second-order valence-corrected chi connectivity index (χ2v) is 4.10. The molecule has 0 radical (unpaired) electrons. The Bertz CT molecular complexity index is 287. The number of hydrogen-bond donors (Lipinski definition) is 0. The van der Waals surface area contributed by atoms with Crippen molar-refractivity contribution >= 4 is 7.32 Å². The molecule has 0 aromatic carbocycles. The SMILES string of the molecule is CCOC/C=C/OB(O/C=C/COCCOCC)OCCOC. The van der Waals surface area contributed by atoms with Gasteiger partial charge < -0.3 is 32.9 Å². The van der Waals surface area contributed by atoms with Crippen LogP contribution in [0.1, 0.15) is 13.8 Å². The molecular formula is C15H29BO7. The standard InChI is InChI=1S/C15H29BO7/c1-4-18-8-6-10-21-16(23-15-12-17-3)22-11-7-9-20-14-13-19-5-2/h6-7,10-11H,4-5,8-9,12-15H2,1-3H3/b10-6+,11-7+. The molecule has 0 unspecified atom stereocenters. The van der Waals surface area contributed by atoms with E-state index in [0.717, 1.165) is 0 Å². The van der Waals surface area contributed by atoms with Gasteiger partial charge in [0.1, 0.15) is 0 Å². The number of methoxy groups -OCH3 is 1. The minimum absolute atomic E-state index is 0.360. The first-order chi connectivity index (χ1) is 11.3. The summed E-state index contributed by atoms with van der Waals surface area (Å²) in [6.07, 6.45) is 6.43. The van der Waals surface area contributed by atoms with Gasteiger partial charge in [-0.15, -0.1) is 0 Å². The zero-order valence-electron chi connectivity index (χ0n) is 14.4. The van der Waals surface area contributed by atoms with E-state index in [1.165, 1.54) is 12.5 Å². The van der Waals surface area contributed by atoms with Crippen LogP contribution in [-0.2, 0) is 32.9 Å². The summed E-state index contributed by atoms with van der Waals surface area (Å²) in [6, 6.07) is 0. The first kappa shape index (κ1) is 21.9. The highest BCUT2D eigenvalue weighted by Gasteiger charge is 2.22. The predicted octanol–water partition coefficient (Wildman–Crippen LogP) is 1.78. The van der Waals surface area contributed by atoms with Gasteiger partial charge in [0.15, 0.2) is 0 Å². The van der Waals surface area contributed by atoms with Gasteiger partial charge >= 0.3 is 7.32 Å². The molecule has 0 rings (SSSR count). The minimum atomic E-state index is -0.845. The summed E-state index contributed by atoms with van der Waals surface area (Å²) in [7, 11) is 0.754. The largest absolute Gasteiger partial charge is 0.787 e. The van der Waals surface area contributed by atoms with Gasteiger partial charge in [-0.2, -0.15) is 0 Å². The van der Waals surface area contributed by atoms with Crippen molar-refractivity contribution in [3.8, 4) is 0 Å². The van der Waals surface area contributed by atoms with Gasteiger partial charge in [0, 0.05) is 20.3 Å². The van der Waals surface area contributed by atoms with E-state index in [1.54, 1.807) is 19.3 Å². The highest BCUT2D eigenvalue weighted by molar-refractivity contribution is 6.36. The van der Waals surface area contributed by atoms with E-state index in [-0.39, 0.29) is 0 Å². The molecule has 0 aliphatic carbocycles. The van der Waals surface area contributed by atoms with Crippen molar-refractivity contribution < 1.29 is 32.9 Å². The first-order valence-electron chi connectivity index (χ1n) is 7.79. The molecule has 0 aliphatic rings. The van der Waals surface area contributed by atoms with Crippen molar-refractivity contribution in [2.24, 2.45) is 0 Å². The van der Waals surface area contributed by atoms with Crippen LogP contribution < -0.4 is 0 Å². The molecule has 8 heteroatoms. The summed E-state index contributed by atoms with van der Waals surface area (Å²) in [5.74, 6) is 0. The lowest BCUT2D eigenvalue weighted by Gasteiger charge is -2.10. The van der Waals surface area contributed by atoms with Crippen LogP contribution >= 0.6 is 0 Å².